The fourth-order valence-corrected chi connectivity index (χ4v) is 1.66. The van der Waals surface area contributed by atoms with Gasteiger partial charge in [-0.2, -0.15) is 0 Å². The zero-order valence-electron chi connectivity index (χ0n) is 9.49. The van der Waals surface area contributed by atoms with Gasteiger partial charge in [-0.25, -0.2) is 0 Å². The van der Waals surface area contributed by atoms with Gasteiger partial charge in [-0.3, -0.25) is 4.79 Å². The minimum Gasteiger partial charge on any atom is -0.399 e. The van der Waals surface area contributed by atoms with Crippen LogP contribution in [-0.4, -0.2) is 17.4 Å². The van der Waals surface area contributed by atoms with E-state index < -0.39 is 0 Å². The first-order valence-corrected chi connectivity index (χ1v) is 5.48. The highest BCUT2D eigenvalue weighted by Crippen LogP contribution is 2.18. The first kappa shape index (κ1) is 11.3. The molecule has 0 aliphatic carbocycles. The van der Waals surface area contributed by atoms with Crippen LogP contribution in [0.4, 0.5) is 5.69 Å². The molecule has 4 N–H and O–H groups in total. The van der Waals surface area contributed by atoms with Crippen LogP contribution in [0.25, 0.3) is 10.9 Å². The van der Waals surface area contributed by atoms with Crippen LogP contribution in [0.2, 0.25) is 0 Å². The fraction of sp³-hybridized carbons (Fsp3) is 0.154. The molecule has 88 valence electrons. The maximum absolute atomic E-state index is 11.8. The maximum Gasteiger partial charge on any atom is 0.267 e. The van der Waals surface area contributed by atoms with Crippen LogP contribution < -0.4 is 11.1 Å². The van der Waals surface area contributed by atoms with Crippen molar-refractivity contribution in [1.82, 2.24) is 10.3 Å². The van der Waals surface area contributed by atoms with E-state index in [2.05, 4.69) is 16.9 Å². The van der Waals surface area contributed by atoms with Gasteiger partial charge < -0.3 is 16.0 Å². The molecule has 0 saturated carbocycles. The molecule has 0 atom stereocenters. The van der Waals surface area contributed by atoms with Gasteiger partial charge in [0, 0.05) is 23.1 Å². The number of hydrogen-bond acceptors (Lipinski definition) is 2. The summed E-state index contributed by atoms with van der Waals surface area (Å²) >= 11 is 0. The third-order valence-electron chi connectivity index (χ3n) is 2.52. The number of aromatic nitrogens is 1. The van der Waals surface area contributed by atoms with Crippen molar-refractivity contribution in [2.45, 2.75) is 6.42 Å². The number of fused-ring (bicyclic) bond motifs is 1. The SMILES string of the molecule is C=CCCNC(=O)c1cc2cc(N)ccc2[nH]1. The van der Waals surface area contributed by atoms with E-state index in [4.69, 9.17) is 5.73 Å². The summed E-state index contributed by atoms with van der Waals surface area (Å²) in [5, 5.41) is 3.75. The number of anilines is 1. The number of benzene rings is 1. The molecule has 4 heteroatoms. The number of hydrogen-bond donors (Lipinski definition) is 3. The molecule has 1 aromatic carbocycles. The zero-order chi connectivity index (χ0) is 12.3. The number of amides is 1. The van der Waals surface area contributed by atoms with Crippen LogP contribution in [0.5, 0.6) is 0 Å². The second-order valence-electron chi connectivity index (χ2n) is 3.86. The predicted molar refractivity (Wildman–Crippen MR) is 69.9 cm³/mol. The molecule has 0 aliphatic heterocycles. The van der Waals surface area contributed by atoms with Crippen LogP contribution in [0.1, 0.15) is 16.9 Å². The molecule has 0 fully saturated rings. The minimum absolute atomic E-state index is 0.110. The minimum atomic E-state index is -0.110. The topological polar surface area (TPSA) is 70.9 Å². The van der Waals surface area contributed by atoms with Crippen molar-refractivity contribution in [2.75, 3.05) is 12.3 Å². The molecule has 1 amide bonds. The normalized spacial score (nSPS) is 10.4. The molecular weight excluding hydrogens is 214 g/mol. The largest absolute Gasteiger partial charge is 0.399 e. The smallest absolute Gasteiger partial charge is 0.267 e. The Balaban J connectivity index is 2.18. The molecule has 0 unspecified atom stereocenters. The van der Waals surface area contributed by atoms with E-state index in [1.54, 1.807) is 18.2 Å². The quantitative estimate of drug-likeness (QED) is 0.426. The Hall–Kier alpha value is -2.23. The molecule has 1 aromatic heterocycles. The summed E-state index contributed by atoms with van der Waals surface area (Å²) in [7, 11) is 0. The highest BCUT2D eigenvalue weighted by atomic mass is 16.1. The average Bonchev–Trinajstić information content (AvgIpc) is 2.72. The van der Waals surface area contributed by atoms with E-state index in [-0.39, 0.29) is 5.91 Å². The lowest BCUT2D eigenvalue weighted by Crippen LogP contribution is -2.24. The van der Waals surface area contributed by atoms with Crippen molar-refractivity contribution < 1.29 is 4.79 Å². The van der Waals surface area contributed by atoms with Crippen molar-refractivity contribution in [2.24, 2.45) is 0 Å². The monoisotopic (exact) mass is 229 g/mol. The number of nitrogens with two attached hydrogens (primary N) is 1. The van der Waals surface area contributed by atoms with Crippen LogP contribution >= 0.6 is 0 Å². The van der Waals surface area contributed by atoms with Gasteiger partial charge in [0.05, 0.1) is 0 Å². The van der Waals surface area contributed by atoms with E-state index in [1.165, 1.54) is 0 Å². The molecule has 2 aromatic rings. The second-order valence-corrected chi connectivity index (χ2v) is 3.86. The Morgan fingerprint density at radius 3 is 3.06 bits per heavy atom. The lowest BCUT2D eigenvalue weighted by atomic mass is 10.2. The number of nitrogen functional groups attached to an aromatic ring is 1. The summed E-state index contributed by atoms with van der Waals surface area (Å²) < 4.78 is 0. The van der Waals surface area contributed by atoms with Crippen LogP contribution in [0.3, 0.4) is 0 Å². The van der Waals surface area contributed by atoms with Crippen molar-refractivity contribution in [3.05, 3.63) is 42.6 Å². The summed E-state index contributed by atoms with van der Waals surface area (Å²) in [6, 6.07) is 7.31. The molecule has 1 heterocycles. The van der Waals surface area contributed by atoms with Gasteiger partial charge in [-0.15, -0.1) is 6.58 Å². The van der Waals surface area contributed by atoms with Gasteiger partial charge >= 0.3 is 0 Å². The number of H-pyrrole nitrogens is 1. The van der Waals surface area contributed by atoms with Gasteiger partial charge in [0.1, 0.15) is 5.69 Å². The first-order chi connectivity index (χ1) is 8.20. The summed E-state index contributed by atoms with van der Waals surface area (Å²) in [6.45, 7) is 4.20. The molecule has 4 nitrogen and oxygen atoms in total. The van der Waals surface area contributed by atoms with E-state index in [0.29, 0.717) is 17.9 Å². The number of nitrogens with one attached hydrogen (secondary N) is 2. The molecular formula is C13H15N3O. The summed E-state index contributed by atoms with van der Waals surface area (Å²) in [5.41, 5.74) is 7.83. The van der Waals surface area contributed by atoms with Crippen molar-refractivity contribution in [3.63, 3.8) is 0 Å². The molecule has 17 heavy (non-hydrogen) atoms. The lowest BCUT2D eigenvalue weighted by Gasteiger charge is -1.99. The van der Waals surface area contributed by atoms with Gasteiger partial charge in [-0.1, -0.05) is 6.08 Å². The molecule has 0 spiro atoms. The summed E-state index contributed by atoms with van der Waals surface area (Å²) in [5.74, 6) is -0.110. The first-order valence-electron chi connectivity index (χ1n) is 5.48. The number of carbonyl (C=O) groups is 1. The predicted octanol–water partition coefficient (Wildman–Crippen LogP) is 2.06. The van der Waals surface area contributed by atoms with E-state index in [0.717, 1.165) is 17.3 Å². The standard InChI is InChI=1S/C13H15N3O/c1-2-3-6-15-13(17)12-8-9-7-10(14)4-5-11(9)16-12/h2,4-5,7-8,16H,1,3,6,14H2,(H,15,17). The number of carbonyl (C=O) groups excluding carboxylic acids is 1. The van der Waals surface area contributed by atoms with Crippen molar-refractivity contribution in [3.8, 4) is 0 Å². The molecule has 0 aliphatic rings. The zero-order valence-corrected chi connectivity index (χ0v) is 9.49. The molecule has 0 radical (unpaired) electrons. The summed E-state index contributed by atoms with van der Waals surface area (Å²) in [4.78, 5) is 14.8. The number of aromatic amines is 1. The third-order valence-corrected chi connectivity index (χ3v) is 2.52. The molecule has 2 rings (SSSR count). The van der Waals surface area contributed by atoms with Crippen molar-refractivity contribution in [1.29, 1.82) is 0 Å². The Morgan fingerprint density at radius 1 is 1.47 bits per heavy atom. The van der Waals surface area contributed by atoms with Gasteiger partial charge in [0.2, 0.25) is 0 Å². The Labute approximate surface area is 99.5 Å². The van der Waals surface area contributed by atoms with Gasteiger partial charge in [0.15, 0.2) is 0 Å². The maximum atomic E-state index is 11.8. The van der Waals surface area contributed by atoms with Gasteiger partial charge in [-0.05, 0) is 30.7 Å². The summed E-state index contributed by atoms with van der Waals surface area (Å²) in [6.07, 6.45) is 2.53. The van der Waals surface area contributed by atoms with E-state index in [1.807, 2.05) is 12.1 Å². The molecule has 0 saturated heterocycles. The highest BCUT2D eigenvalue weighted by Gasteiger charge is 2.08. The lowest BCUT2D eigenvalue weighted by molar-refractivity contribution is 0.0950. The second kappa shape index (κ2) is 4.74. The fourth-order valence-electron chi connectivity index (χ4n) is 1.66. The Bertz CT molecular complexity index is 557. The highest BCUT2D eigenvalue weighted by molar-refractivity contribution is 5.98. The average molecular weight is 229 g/mol. The Morgan fingerprint density at radius 2 is 2.29 bits per heavy atom. The van der Waals surface area contributed by atoms with E-state index in [9.17, 15) is 4.79 Å². The van der Waals surface area contributed by atoms with Gasteiger partial charge in [0.25, 0.3) is 5.91 Å². The number of rotatable bonds is 4. The van der Waals surface area contributed by atoms with Crippen LogP contribution in [-0.2, 0) is 0 Å². The van der Waals surface area contributed by atoms with E-state index >= 15 is 0 Å². The van der Waals surface area contributed by atoms with Crippen molar-refractivity contribution >= 4 is 22.5 Å². The molecule has 0 bridgehead atoms. The van der Waals surface area contributed by atoms with Crippen LogP contribution in [0.15, 0.2) is 36.9 Å². The third kappa shape index (κ3) is 2.47. The Kier molecular flexibility index (Phi) is 3.14. The van der Waals surface area contributed by atoms with Crippen LogP contribution in [0, 0.1) is 0 Å².